The Bertz CT molecular complexity index is 362. The molecule has 0 N–H and O–H groups in total. The summed E-state index contributed by atoms with van der Waals surface area (Å²) < 4.78 is 10.2. The van der Waals surface area contributed by atoms with Gasteiger partial charge in [0.05, 0.1) is 13.2 Å². The van der Waals surface area contributed by atoms with Gasteiger partial charge in [-0.05, 0) is 40.5 Å². The van der Waals surface area contributed by atoms with Crippen LogP contribution in [0.4, 0.5) is 0 Å². The number of esters is 2. The highest BCUT2D eigenvalue weighted by atomic mass is 16.5. The summed E-state index contributed by atoms with van der Waals surface area (Å²) in [5.74, 6) is -0.827. The molecule has 2 unspecified atom stereocenters. The van der Waals surface area contributed by atoms with Gasteiger partial charge in [0.15, 0.2) is 11.1 Å². The highest BCUT2D eigenvalue weighted by Gasteiger charge is 2.38. The van der Waals surface area contributed by atoms with Gasteiger partial charge in [0.1, 0.15) is 0 Å². The van der Waals surface area contributed by atoms with Crippen molar-refractivity contribution >= 4 is 11.9 Å². The van der Waals surface area contributed by atoms with Crippen molar-refractivity contribution in [2.45, 2.75) is 78.3 Å². The first-order chi connectivity index (χ1) is 10.3. The van der Waals surface area contributed by atoms with Crippen LogP contribution in [0, 0.1) is 0 Å². The largest absolute Gasteiger partial charge is 0.464 e. The maximum Gasteiger partial charge on any atom is 0.335 e. The SMILES string of the molecule is CCCC(C)(/N=N/C(C)(CCC)C(=O)OCC)C(=O)OCC. The molecule has 0 spiro atoms. The summed E-state index contributed by atoms with van der Waals surface area (Å²) in [5, 5.41) is 8.42. The van der Waals surface area contributed by atoms with E-state index in [1.807, 2.05) is 13.8 Å². The zero-order chi connectivity index (χ0) is 17.2. The van der Waals surface area contributed by atoms with Crippen molar-refractivity contribution < 1.29 is 19.1 Å². The molecule has 0 rings (SSSR count). The van der Waals surface area contributed by atoms with Gasteiger partial charge in [-0.15, -0.1) is 0 Å². The van der Waals surface area contributed by atoms with Gasteiger partial charge in [0, 0.05) is 0 Å². The molecule has 0 aromatic rings. The van der Waals surface area contributed by atoms with Crippen molar-refractivity contribution in [3.8, 4) is 0 Å². The van der Waals surface area contributed by atoms with E-state index in [1.54, 1.807) is 27.7 Å². The molecular weight excluding hydrogens is 284 g/mol. The van der Waals surface area contributed by atoms with E-state index in [0.29, 0.717) is 12.8 Å². The Kier molecular flexibility index (Phi) is 8.90. The molecule has 0 radical (unpaired) electrons. The van der Waals surface area contributed by atoms with E-state index >= 15 is 0 Å². The zero-order valence-corrected chi connectivity index (χ0v) is 14.8. The number of carbonyl (C=O) groups is 2. The first-order valence-corrected chi connectivity index (χ1v) is 8.08. The van der Waals surface area contributed by atoms with Crippen molar-refractivity contribution in [1.82, 2.24) is 0 Å². The number of ether oxygens (including phenoxy) is 2. The average Bonchev–Trinajstić information content (AvgIpc) is 2.46. The Balaban J connectivity index is 5.39. The maximum absolute atomic E-state index is 12.1. The van der Waals surface area contributed by atoms with Crippen LogP contribution in [0.1, 0.15) is 67.2 Å². The van der Waals surface area contributed by atoms with E-state index in [9.17, 15) is 9.59 Å². The summed E-state index contributed by atoms with van der Waals surface area (Å²) in [6.07, 6.45) is 2.55. The fourth-order valence-electron chi connectivity index (χ4n) is 2.15. The molecular formula is C16H30N2O4. The number of hydrogen-bond donors (Lipinski definition) is 0. The van der Waals surface area contributed by atoms with Gasteiger partial charge >= 0.3 is 11.9 Å². The molecule has 0 saturated heterocycles. The van der Waals surface area contributed by atoms with Crippen LogP contribution in [0.15, 0.2) is 10.2 Å². The van der Waals surface area contributed by atoms with Crippen LogP contribution in [0.5, 0.6) is 0 Å². The maximum atomic E-state index is 12.1. The van der Waals surface area contributed by atoms with Crippen molar-refractivity contribution in [2.75, 3.05) is 13.2 Å². The predicted molar refractivity (Wildman–Crippen MR) is 84.7 cm³/mol. The fraction of sp³-hybridized carbons (Fsp3) is 0.875. The number of rotatable bonds is 10. The minimum absolute atomic E-state index is 0.289. The molecule has 0 bridgehead atoms. The van der Waals surface area contributed by atoms with E-state index < -0.39 is 23.0 Å². The average molecular weight is 314 g/mol. The van der Waals surface area contributed by atoms with Gasteiger partial charge in [0.25, 0.3) is 0 Å². The first kappa shape index (κ1) is 20.5. The molecule has 0 aliphatic carbocycles. The molecule has 0 aromatic carbocycles. The summed E-state index contributed by atoms with van der Waals surface area (Å²) in [5.41, 5.74) is -2.13. The minimum Gasteiger partial charge on any atom is -0.464 e. The number of carbonyl (C=O) groups excluding carboxylic acids is 2. The van der Waals surface area contributed by atoms with Crippen LogP contribution < -0.4 is 0 Å². The van der Waals surface area contributed by atoms with E-state index in [1.165, 1.54) is 0 Å². The fourth-order valence-corrected chi connectivity index (χ4v) is 2.15. The topological polar surface area (TPSA) is 77.3 Å². The molecule has 0 amide bonds. The third-order valence-electron chi connectivity index (χ3n) is 3.40. The second-order valence-electron chi connectivity index (χ2n) is 5.69. The normalized spacial score (nSPS) is 16.8. The van der Waals surface area contributed by atoms with Crippen molar-refractivity contribution in [2.24, 2.45) is 10.2 Å². The second kappa shape index (κ2) is 9.54. The van der Waals surface area contributed by atoms with Crippen LogP contribution in [-0.4, -0.2) is 36.2 Å². The van der Waals surface area contributed by atoms with Crippen LogP contribution in [0.25, 0.3) is 0 Å². The quantitative estimate of drug-likeness (QED) is 0.455. The van der Waals surface area contributed by atoms with E-state index in [4.69, 9.17) is 9.47 Å². The molecule has 22 heavy (non-hydrogen) atoms. The minimum atomic E-state index is -1.06. The van der Waals surface area contributed by atoms with Gasteiger partial charge in [-0.1, -0.05) is 26.7 Å². The van der Waals surface area contributed by atoms with Crippen molar-refractivity contribution in [3.05, 3.63) is 0 Å². The zero-order valence-electron chi connectivity index (χ0n) is 14.8. The molecule has 128 valence electrons. The van der Waals surface area contributed by atoms with Crippen LogP contribution in [0.3, 0.4) is 0 Å². The lowest BCUT2D eigenvalue weighted by atomic mass is 9.96. The van der Waals surface area contributed by atoms with Crippen LogP contribution >= 0.6 is 0 Å². The Labute approximate surface area is 133 Å². The lowest BCUT2D eigenvalue weighted by Gasteiger charge is -2.25. The Morgan fingerprint density at radius 1 is 0.773 bits per heavy atom. The number of hydrogen-bond acceptors (Lipinski definition) is 6. The number of nitrogens with zero attached hydrogens (tertiary/aromatic N) is 2. The van der Waals surface area contributed by atoms with Gasteiger partial charge in [-0.3, -0.25) is 0 Å². The first-order valence-electron chi connectivity index (χ1n) is 8.08. The summed E-state index contributed by atoms with van der Waals surface area (Å²) in [6, 6.07) is 0. The lowest BCUT2D eigenvalue weighted by molar-refractivity contribution is -0.151. The van der Waals surface area contributed by atoms with E-state index in [-0.39, 0.29) is 13.2 Å². The Morgan fingerprint density at radius 3 is 1.32 bits per heavy atom. The molecule has 6 nitrogen and oxygen atoms in total. The third kappa shape index (κ3) is 5.73. The summed E-state index contributed by atoms with van der Waals surface area (Å²) in [7, 11) is 0. The van der Waals surface area contributed by atoms with Crippen molar-refractivity contribution in [3.63, 3.8) is 0 Å². The molecule has 0 aromatic heterocycles. The lowest BCUT2D eigenvalue weighted by Crippen LogP contribution is -2.38. The monoisotopic (exact) mass is 314 g/mol. The number of azo groups is 1. The Morgan fingerprint density at radius 2 is 1.09 bits per heavy atom. The second-order valence-corrected chi connectivity index (χ2v) is 5.69. The molecule has 0 aliphatic rings. The predicted octanol–water partition coefficient (Wildman–Crippen LogP) is 3.68. The smallest absolute Gasteiger partial charge is 0.335 e. The summed E-state index contributed by atoms with van der Waals surface area (Å²) in [4.78, 5) is 24.3. The highest BCUT2D eigenvalue weighted by molar-refractivity contribution is 5.81. The molecule has 0 fully saturated rings. The molecule has 0 saturated carbocycles. The molecule has 6 heteroatoms. The van der Waals surface area contributed by atoms with E-state index in [2.05, 4.69) is 10.2 Å². The van der Waals surface area contributed by atoms with Gasteiger partial charge < -0.3 is 9.47 Å². The van der Waals surface area contributed by atoms with Crippen molar-refractivity contribution in [1.29, 1.82) is 0 Å². The molecule has 2 atom stereocenters. The highest BCUT2D eigenvalue weighted by Crippen LogP contribution is 2.26. The molecule has 0 heterocycles. The van der Waals surface area contributed by atoms with Crippen LogP contribution in [0.2, 0.25) is 0 Å². The van der Waals surface area contributed by atoms with Gasteiger partial charge in [-0.2, -0.15) is 10.2 Å². The summed E-state index contributed by atoms with van der Waals surface area (Å²) in [6.45, 7) is 11.4. The summed E-state index contributed by atoms with van der Waals surface area (Å²) >= 11 is 0. The Hall–Kier alpha value is -1.46. The third-order valence-corrected chi connectivity index (χ3v) is 3.40. The van der Waals surface area contributed by atoms with Gasteiger partial charge in [-0.25, -0.2) is 9.59 Å². The van der Waals surface area contributed by atoms with Crippen LogP contribution in [-0.2, 0) is 19.1 Å². The standard InChI is InChI=1S/C16H30N2O4/c1-7-11-15(5,13(19)21-9-3)17-18-16(6,12-8-2)14(20)22-10-4/h7-12H2,1-6H3/b18-17+. The molecule has 0 aliphatic heterocycles. The van der Waals surface area contributed by atoms with Gasteiger partial charge in [0.2, 0.25) is 0 Å². The van der Waals surface area contributed by atoms with E-state index in [0.717, 1.165) is 12.8 Å².